The number of amides is 1. The Labute approximate surface area is 172 Å². The van der Waals surface area contributed by atoms with Gasteiger partial charge in [0.1, 0.15) is 0 Å². The molecule has 1 amide bonds. The lowest BCUT2D eigenvalue weighted by Gasteiger charge is -2.34. The number of fused-ring (bicyclic) bond motifs is 1. The minimum Gasteiger partial charge on any atom is -0.339 e. The van der Waals surface area contributed by atoms with E-state index in [0.29, 0.717) is 42.1 Å². The molecule has 28 heavy (non-hydrogen) atoms. The minimum atomic E-state index is -3.47. The van der Waals surface area contributed by atoms with Gasteiger partial charge >= 0.3 is 0 Å². The van der Waals surface area contributed by atoms with Gasteiger partial charge in [0.15, 0.2) is 0 Å². The van der Waals surface area contributed by atoms with E-state index in [1.807, 2.05) is 17.0 Å². The van der Waals surface area contributed by atoms with E-state index in [-0.39, 0.29) is 5.91 Å². The molecule has 1 aromatic rings. The molecule has 0 N–H and O–H groups in total. The van der Waals surface area contributed by atoms with Crippen molar-refractivity contribution in [3.63, 3.8) is 0 Å². The molecule has 1 heterocycles. The minimum absolute atomic E-state index is 0.158. The average molecular weight is 423 g/mol. The summed E-state index contributed by atoms with van der Waals surface area (Å²) in [5.74, 6) is 0.688. The molecular formula is C21H30N2O3S2. The highest BCUT2D eigenvalue weighted by molar-refractivity contribution is 8.00. The molecule has 2 aliphatic carbocycles. The fourth-order valence-corrected chi connectivity index (χ4v) is 7.25. The summed E-state index contributed by atoms with van der Waals surface area (Å²) in [6.45, 7) is 1.76. The van der Waals surface area contributed by atoms with Gasteiger partial charge in [0.25, 0.3) is 0 Å². The summed E-state index contributed by atoms with van der Waals surface area (Å²) in [5, 5.41) is 0.624. The summed E-state index contributed by atoms with van der Waals surface area (Å²) in [4.78, 5) is 14.8. The fourth-order valence-electron chi connectivity index (χ4n) is 4.55. The van der Waals surface area contributed by atoms with E-state index in [1.54, 1.807) is 22.1 Å². The van der Waals surface area contributed by atoms with E-state index in [9.17, 15) is 13.2 Å². The van der Waals surface area contributed by atoms with Crippen molar-refractivity contribution < 1.29 is 13.2 Å². The number of benzene rings is 1. The standard InChI is InChI=1S/C21H30N2O3S2/c24-21(16-27-19-7-2-1-3-8-19)22-11-13-23(14-12-22)28(25,26)20-10-9-17-5-4-6-18(17)15-20/h9-10,15,19H,1-8,11-14,16H2. The van der Waals surface area contributed by atoms with Gasteiger partial charge in [-0.3, -0.25) is 4.79 Å². The number of piperazine rings is 1. The number of aryl methyl sites for hydroxylation is 2. The van der Waals surface area contributed by atoms with Crippen LogP contribution < -0.4 is 0 Å². The van der Waals surface area contributed by atoms with Gasteiger partial charge in [-0.05, 0) is 55.4 Å². The molecule has 0 bridgehead atoms. The first-order valence-corrected chi connectivity index (χ1v) is 13.0. The molecule has 2 fully saturated rings. The van der Waals surface area contributed by atoms with Crippen molar-refractivity contribution in [2.75, 3.05) is 31.9 Å². The number of carbonyl (C=O) groups is 1. The van der Waals surface area contributed by atoms with Gasteiger partial charge in [-0.1, -0.05) is 25.3 Å². The van der Waals surface area contributed by atoms with Gasteiger partial charge in [-0.2, -0.15) is 4.31 Å². The van der Waals surface area contributed by atoms with Crippen molar-refractivity contribution in [2.45, 2.75) is 61.5 Å². The maximum Gasteiger partial charge on any atom is 0.243 e. The summed E-state index contributed by atoms with van der Waals surface area (Å²) in [6, 6.07) is 5.57. The van der Waals surface area contributed by atoms with Crippen LogP contribution in [0.5, 0.6) is 0 Å². The van der Waals surface area contributed by atoms with Crippen molar-refractivity contribution in [1.82, 2.24) is 9.21 Å². The molecule has 5 nitrogen and oxygen atoms in total. The number of carbonyl (C=O) groups excluding carboxylic acids is 1. The molecule has 7 heteroatoms. The predicted molar refractivity (Wildman–Crippen MR) is 113 cm³/mol. The lowest BCUT2D eigenvalue weighted by Crippen LogP contribution is -2.51. The Morgan fingerprint density at radius 2 is 1.68 bits per heavy atom. The van der Waals surface area contributed by atoms with Crippen LogP contribution in [-0.4, -0.2) is 60.7 Å². The van der Waals surface area contributed by atoms with Crippen LogP contribution in [-0.2, 0) is 27.7 Å². The summed E-state index contributed by atoms with van der Waals surface area (Å²) < 4.78 is 27.6. The van der Waals surface area contributed by atoms with Crippen LogP contribution in [0, 0.1) is 0 Å². The highest BCUT2D eigenvalue weighted by atomic mass is 32.2. The maximum atomic E-state index is 13.0. The lowest BCUT2D eigenvalue weighted by molar-refractivity contribution is -0.129. The van der Waals surface area contributed by atoms with E-state index in [1.165, 1.54) is 43.2 Å². The molecule has 1 saturated carbocycles. The second-order valence-corrected chi connectivity index (χ2v) is 11.4. The third-order valence-corrected chi connectivity index (χ3v) is 9.54. The monoisotopic (exact) mass is 422 g/mol. The molecule has 4 rings (SSSR count). The number of thioether (sulfide) groups is 1. The highest BCUT2D eigenvalue weighted by Gasteiger charge is 2.31. The van der Waals surface area contributed by atoms with Crippen LogP contribution in [0.2, 0.25) is 0 Å². The van der Waals surface area contributed by atoms with Crippen LogP contribution in [0.25, 0.3) is 0 Å². The van der Waals surface area contributed by atoms with Gasteiger partial charge in [0.2, 0.25) is 15.9 Å². The zero-order chi connectivity index (χ0) is 19.6. The Morgan fingerprint density at radius 1 is 0.964 bits per heavy atom. The summed E-state index contributed by atoms with van der Waals surface area (Å²) >= 11 is 1.79. The van der Waals surface area contributed by atoms with Gasteiger partial charge < -0.3 is 4.90 Å². The second kappa shape index (κ2) is 8.76. The topological polar surface area (TPSA) is 57.7 Å². The molecule has 154 valence electrons. The van der Waals surface area contributed by atoms with Crippen LogP contribution in [0.1, 0.15) is 49.7 Å². The summed E-state index contributed by atoms with van der Waals surface area (Å²) in [5.41, 5.74) is 2.46. The Balaban J connectivity index is 1.31. The third kappa shape index (κ3) is 4.41. The molecule has 1 aliphatic heterocycles. The average Bonchev–Trinajstić information content (AvgIpc) is 3.21. The van der Waals surface area contributed by atoms with E-state index >= 15 is 0 Å². The van der Waals surface area contributed by atoms with E-state index in [2.05, 4.69) is 0 Å². The van der Waals surface area contributed by atoms with E-state index < -0.39 is 10.0 Å². The molecule has 0 radical (unpaired) electrons. The smallest absolute Gasteiger partial charge is 0.243 e. The van der Waals surface area contributed by atoms with Gasteiger partial charge in [-0.25, -0.2) is 8.42 Å². The lowest BCUT2D eigenvalue weighted by atomic mass is 10.0. The molecule has 1 saturated heterocycles. The molecule has 0 aromatic heterocycles. The van der Waals surface area contributed by atoms with E-state index in [4.69, 9.17) is 0 Å². The SMILES string of the molecule is O=C(CSC1CCCCC1)N1CCN(S(=O)(=O)c2ccc3c(c2)CCC3)CC1. The van der Waals surface area contributed by atoms with Crippen molar-refractivity contribution in [2.24, 2.45) is 0 Å². The maximum absolute atomic E-state index is 13.0. The quantitative estimate of drug-likeness (QED) is 0.732. The van der Waals surface area contributed by atoms with Gasteiger partial charge in [0.05, 0.1) is 10.6 Å². The Bertz CT molecular complexity index is 811. The molecule has 1 aromatic carbocycles. The molecule has 0 unspecified atom stereocenters. The highest BCUT2D eigenvalue weighted by Crippen LogP contribution is 2.29. The largest absolute Gasteiger partial charge is 0.339 e. The first-order chi connectivity index (χ1) is 13.5. The zero-order valence-corrected chi connectivity index (χ0v) is 18.1. The third-order valence-electron chi connectivity index (χ3n) is 6.29. The number of rotatable bonds is 5. The Hall–Kier alpha value is -1.05. The fraction of sp³-hybridized carbons (Fsp3) is 0.667. The molecule has 3 aliphatic rings. The number of nitrogens with zero attached hydrogens (tertiary/aromatic N) is 2. The summed E-state index contributed by atoms with van der Waals surface area (Å²) in [7, 11) is -3.47. The Morgan fingerprint density at radius 3 is 2.43 bits per heavy atom. The van der Waals surface area contributed by atoms with Crippen LogP contribution in [0.3, 0.4) is 0 Å². The normalized spacial score (nSPS) is 21.6. The first-order valence-electron chi connectivity index (χ1n) is 10.6. The molecule has 0 spiro atoms. The van der Waals surface area contributed by atoms with E-state index in [0.717, 1.165) is 19.3 Å². The zero-order valence-electron chi connectivity index (χ0n) is 16.4. The van der Waals surface area contributed by atoms with Crippen molar-refractivity contribution in [3.05, 3.63) is 29.3 Å². The molecule has 0 atom stereocenters. The van der Waals surface area contributed by atoms with Crippen LogP contribution in [0.4, 0.5) is 0 Å². The number of sulfonamides is 1. The van der Waals surface area contributed by atoms with Crippen molar-refractivity contribution in [1.29, 1.82) is 0 Å². The number of hydrogen-bond donors (Lipinski definition) is 0. The van der Waals surface area contributed by atoms with Crippen molar-refractivity contribution >= 4 is 27.7 Å². The Kier molecular flexibility index (Phi) is 6.33. The second-order valence-electron chi connectivity index (χ2n) is 8.14. The predicted octanol–water partition coefficient (Wildman–Crippen LogP) is 3.07. The number of hydrogen-bond acceptors (Lipinski definition) is 4. The van der Waals surface area contributed by atoms with Crippen LogP contribution >= 0.6 is 11.8 Å². The summed E-state index contributed by atoms with van der Waals surface area (Å²) in [6.07, 6.45) is 9.48. The van der Waals surface area contributed by atoms with Crippen molar-refractivity contribution in [3.8, 4) is 0 Å². The van der Waals surface area contributed by atoms with Gasteiger partial charge in [-0.15, -0.1) is 11.8 Å². The first kappa shape index (κ1) is 20.2. The van der Waals surface area contributed by atoms with Crippen LogP contribution in [0.15, 0.2) is 23.1 Å². The van der Waals surface area contributed by atoms with Gasteiger partial charge in [0, 0.05) is 31.4 Å². The molecular weight excluding hydrogens is 392 g/mol.